The number of hydrogen-bond donors (Lipinski definition) is 1. The largest absolute Gasteiger partial charge is 0.464 e. The summed E-state index contributed by atoms with van der Waals surface area (Å²) in [5.41, 5.74) is 3.64. The van der Waals surface area contributed by atoms with E-state index in [-0.39, 0.29) is 37.6 Å². The van der Waals surface area contributed by atoms with Gasteiger partial charge in [-0.05, 0) is 12.8 Å². The van der Waals surface area contributed by atoms with Crippen LogP contribution in [0.25, 0.3) is 0 Å². The number of rotatable bonds is 23. The second-order valence-electron chi connectivity index (χ2n) is 8.81. The van der Waals surface area contributed by atoms with Gasteiger partial charge in [-0.3, -0.25) is 14.4 Å². The molecular formula is C26H51N2O5+. The van der Waals surface area contributed by atoms with Crippen LogP contribution in [-0.2, 0) is 23.9 Å². The van der Waals surface area contributed by atoms with Crippen molar-refractivity contribution in [3.63, 3.8) is 0 Å². The third-order valence-corrected chi connectivity index (χ3v) is 5.78. The number of hydrogen-bond acceptors (Lipinski definition) is 5. The summed E-state index contributed by atoms with van der Waals surface area (Å²) in [5.74, 6) is -0.570. The number of amides is 1. The number of carbonyl (C=O) groups excluding carboxylic acids is 3. The number of unbranched alkanes of at least 4 members (excludes halogenated alkanes) is 12. The first-order valence-corrected chi connectivity index (χ1v) is 13.4. The lowest BCUT2D eigenvalue weighted by Crippen LogP contribution is -2.58. The van der Waals surface area contributed by atoms with Crippen molar-refractivity contribution in [1.29, 1.82) is 0 Å². The summed E-state index contributed by atoms with van der Waals surface area (Å²) in [4.78, 5) is 37.4. The molecule has 0 saturated carbocycles. The summed E-state index contributed by atoms with van der Waals surface area (Å²) < 4.78 is 10.6. The van der Waals surface area contributed by atoms with E-state index in [1.54, 1.807) is 4.90 Å². The van der Waals surface area contributed by atoms with Gasteiger partial charge in [0.05, 0.1) is 13.1 Å². The summed E-state index contributed by atoms with van der Waals surface area (Å²) in [6.45, 7) is 5.44. The lowest BCUT2D eigenvalue weighted by molar-refractivity contribution is -0.357. The Hall–Kier alpha value is -1.63. The van der Waals surface area contributed by atoms with E-state index in [1.807, 2.05) is 0 Å². The zero-order chi connectivity index (χ0) is 24.6. The quantitative estimate of drug-likeness (QED) is 0.176. The number of quaternary nitrogens is 1. The van der Waals surface area contributed by atoms with Gasteiger partial charge >= 0.3 is 11.9 Å². The second kappa shape index (κ2) is 23.5. The average Bonchev–Trinajstić information content (AvgIpc) is 2.81. The summed E-state index contributed by atoms with van der Waals surface area (Å²) in [7, 11) is 0. The van der Waals surface area contributed by atoms with Crippen molar-refractivity contribution in [2.24, 2.45) is 0 Å². The Labute approximate surface area is 202 Å². The summed E-state index contributed by atoms with van der Waals surface area (Å²) in [6, 6.07) is 0. The van der Waals surface area contributed by atoms with Gasteiger partial charge in [-0.25, -0.2) is 0 Å². The van der Waals surface area contributed by atoms with E-state index in [0.717, 1.165) is 38.5 Å². The van der Waals surface area contributed by atoms with Crippen LogP contribution in [0.15, 0.2) is 0 Å². The van der Waals surface area contributed by atoms with E-state index in [9.17, 15) is 14.4 Å². The van der Waals surface area contributed by atoms with Crippen LogP contribution in [0.2, 0.25) is 0 Å². The van der Waals surface area contributed by atoms with E-state index in [4.69, 9.17) is 9.47 Å². The van der Waals surface area contributed by atoms with Crippen LogP contribution in [0.1, 0.15) is 117 Å². The number of carbonyl (C=O) groups is 3. The van der Waals surface area contributed by atoms with E-state index < -0.39 is 0 Å². The molecule has 0 spiro atoms. The predicted molar refractivity (Wildman–Crippen MR) is 131 cm³/mol. The van der Waals surface area contributed by atoms with Gasteiger partial charge in [0.1, 0.15) is 13.2 Å². The van der Waals surface area contributed by atoms with Crippen LogP contribution in [0, 0.1) is 0 Å². The van der Waals surface area contributed by atoms with Gasteiger partial charge in [-0.15, -0.1) is 0 Å². The first-order valence-electron chi connectivity index (χ1n) is 13.4. The Morgan fingerprint density at radius 1 is 0.606 bits per heavy atom. The maximum atomic E-state index is 12.1. The Bertz CT molecular complexity index is 463. The van der Waals surface area contributed by atoms with E-state index in [2.05, 4.69) is 19.6 Å². The fourth-order valence-corrected chi connectivity index (χ4v) is 3.66. The Morgan fingerprint density at radius 3 is 1.33 bits per heavy atom. The highest BCUT2D eigenvalue weighted by Gasteiger charge is 2.15. The molecular weight excluding hydrogens is 420 g/mol. The van der Waals surface area contributed by atoms with Crippen molar-refractivity contribution in [2.75, 3.05) is 32.8 Å². The summed E-state index contributed by atoms with van der Waals surface area (Å²) in [5, 5.41) is 0. The second-order valence-corrected chi connectivity index (χ2v) is 8.81. The van der Waals surface area contributed by atoms with Gasteiger partial charge in [0.2, 0.25) is 0 Å². The molecule has 0 rings (SSSR count). The molecule has 0 fully saturated rings. The molecule has 0 aromatic rings. The zero-order valence-corrected chi connectivity index (χ0v) is 21.5. The third-order valence-electron chi connectivity index (χ3n) is 5.78. The van der Waals surface area contributed by atoms with Gasteiger partial charge in [0.25, 0.3) is 5.91 Å². The maximum Gasteiger partial charge on any atom is 0.305 e. The van der Waals surface area contributed by atoms with Gasteiger partial charge < -0.3 is 20.1 Å². The monoisotopic (exact) mass is 471 g/mol. The van der Waals surface area contributed by atoms with Crippen molar-refractivity contribution in [2.45, 2.75) is 117 Å². The molecule has 0 aliphatic heterocycles. The molecule has 7 nitrogen and oxygen atoms in total. The lowest BCUT2D eigenvalue weighted by atomic mass is 10.1. The average molecular weight is 472 g/mol. The van der Waals surface area contributed by atoms with Crippen molar-refractivity contribution >= 4 is 17.8 Å². The third kappa shape index (κ3) is 20.7. The highest BCUT2D eigenvalue weighted by atomic mass is 16.5. The number of ether oxygens (including phenoxy) is 2. The predicted octanol–water partition coefficient (Wildman–Crippen LogP) is 4.42. The molecule has 0 aliphatic carbocycles. The molecule has 0 bridgehead atoms. The van der Waals surface area contributed by atoms with Gasteiger partial charge in [0, 0.05) is 12.8 Å². The zero-order valence-electron chi connectivity index (χ0n) is 21.5. The topological polar surface area (TPSA) is 101 Å². The number of esters is 2. The van der Waals surface area contributed by atoms with Crippen LogP contribution < -0.4 is 5.73 Å². The molecule has 33 heavy (non-hydrogen) atoms. The minimum atomic E-state index is -0.216. The van der Waals surface area contributed by atoms with Crippen LogP contribution in [-0.4, -0.2) is 55.6 Å². The lowest BCUT2D eigenvalue weighted by Gasteiger charge is -2.21. The molecule has 0 aromatic carbocycles. The molecule has 0 aromatic heterocycles. The van der Waals surface area contributed by atoms with Crippen LogP contribution >= 0.6 is 0 Å². The Balaban J connectivity index is 3.88. The van der Waals surface area contributed by atoms with Gasteiger partial charge in [-0.1, -0.05) is 90.9 Å². The van der Waals surface area contributed by atoms with Gasteiger partial charge in [0.15, 0.2) is 6.54 Å². The van der Waals surface area contributed by atoms with Gasteiger partial charge in [-0.2, -0.15) is 0 Å². The molecule has 0 atom stereocenters. The minimum absolute atomic E-state index is 0.123. The summed E-state index contributed by atoms with van der Waals surface area (Å²) in [6.07, 6.45) is 17.0. The van der Waals surface area contributed by atoms with E-state index >= 15 is 0 Å². The van der Waals surface area contributed by atoms with Crippen LogP contribution in [0.3, 0.4) is 0 Å². The molecule has 0 heterocycles. The van der Waals surface area contributed by atoms with E-state index in [1.165, 1.54) is 51.4 Å². The molecule has 1 amide bonds. The van der Waals surface area contributed by atoms with Crippen molar-refractivity contribution in [1.82, 2.24) is 4.90 Å². The number of nitrogens with zero attached hydrogens (tertiary/aromatic N) is 1. The standard InChI is InChI=1S/C26H50N2O5/c1-3-5-7-9-11-13-15-17-25(30)32-21-19-28(24(29)23-27)20-22-33-26(31)18-16-14-12-10-8-6-4-2/h3-23,27H2,1-2H3/p+1. The highest BCUT2D eigenvalue weighted by molar-refractivity contribution is 5.77. The maximum absolute atomic E-state index is 12.1. The smallest absolute Gasteiger partial charge is 0.305 e. The first-order chi connectivity index (χ1) is 16.0. The molecule has 7 heteroatoms. The molecule has 0 aliphatic rings. The summed E-state index contributed by atoms with van der Waals surface area (Å²) >= 11 is 0. The highest BCUT2D eigenvalue weighted by Crippen LogP contribution is 2.10. The Morgan fingerprint density at radius 2 is 0.970 bits per heavy atom. The SMILES string of the molecule is CCCCCCCCCC(=O)OCCN(CCOC(=O)CCCCCCCCC)C(=O)C[NH3+]. The van der Waals surface area contributed by atoms with Crippen LogP contribution in [0.4, 0.5) is 0 Å². The first kappa shape index (κ1) is 31.4. The fourth-order valence-electron chi connectivity index (χ4n) is 3.66. The van der Waals surface area contributed by atoms with Crippen molar-refractivity contribution in [3.8, 4) is 0 Å². The van der Waals surface area contributed by atoms with Crippen molar-refractivity contribution in [3.05, 3.63) is 0 Å². The normalized spacial score (nSPS) is 10.8. The van der Waals surface area contributed by atoms with E-state index in [0.29, 0.717) is 25.9 Å². The fraction of sp³-hybridized carbons (Fsp3) is 0.885. The molecule has 194 valence electrons. The molecule has 0 radical (unpaired) electrons. The molecule has 0 saturated heterocycles. The Kier molecular flexibility index (Phi) is 22.4. The van der Waals surface area contributed by atoms with Crippen molar-refractivity contribution < 1.29 is 29.6 Å². The minimum Gasteiger partial charge on any atom is -0.464 e. The van der Waals surface area contributed by atoms with Crippen LogP contribution in [0.5, 0.6) is 0 Å². The molecule has 0 unspecified atom stereocenters. The molecule has 3 N–H and O–H groups in total.